The van der Waals surface area contributed by atoms with Gasteiger partial charge < -0.3 is 25.2 Å². The molecule has 0 saturated carbocycles. The van der Waals surface area contributed by atoms with Crippen molar-refractivity contribution >= 4 is 12.1 Å². The van der Waals surface area contributed by atoms with Crippen LogP contribution in [0, 0.1) is 5.82 Å². The van der Waals surface area contributed by atoms with Gasteiger partial charge in [0.2, 0.25) is 0 Å². The summed E-state index contributed by atoms with van der Waals surface area (Å²) in [6.07, 6.45) is 0.538. The summed E-state index contributed by atoms with van der Waals surface area (Å²) in [6.45, 7) is 6.59. The monoisotopic (exact) mass is 366 g/mol. The number of nitrogens with one attached hydrogen (secondary N) is 2. The summed E-state index contributed by atoms with van der Waals surface area (Å²) in [7, 11) is 0. The summed E-state index contributed by atoms with van der Waals surface area (Å²) in [5.74, 6) is -1.95. The van der Waals surface area contributed by atoms with Crippen LogP contribution in [0.2, 0.25) is 0 Å². The first-order valence-electron chi connectivity index (χ1n) is 8.55. The highest BCUT2D eigenvalue weighted by atomic mass is 19.1. The van der Waals surface area contributed by atoms with E-state index in [0.29, 0.717) is 24.9 Å². The highest BCUT2D eigenvalue weighted by Crippen LogP contribution is 2.43. The summed E-state index contributed by atoms with van der Waals surface area (Å²) in [5, 5.41) is 15.2. The lowest BCUT2D eigenvalue weighted by Crippen LogP contribution is -2.47. The first-order valence-corrected chi connectivity index (χ1v) is 8.55. The zero-order chi connectivity index (χ0) is 19.1. The van der Waals surface area contributed by atoms with Gasteiger partial charge in [0, 0.05) is 24.9 Å². The van der Waals surface area contributed by atoms with Crippen molar-refractivity contribution in [2.24, 2.45) is 0 Å². The molecule has 0 aromatic heterocycles. The quantitative estimate of drug-likeness (QED) is 0.744. The van der Waals surface area contributed by atoms with Crippen LogP contribution >= 0.6 is 0 Å². The SMILES string of the molecule is CC(C)(C)OC(=O)NC1CC2(CCNC2)Oc2cc(C(=O)O)c(F)cc21. The fourth-order valence-electron chi connectivity index (χ4n) is 3.41. The molecule has 1 spiro atoms. The lowest BCUT2D eigenvalue weighted by atomic mass is 9.86. The normalized spacial score (nSPS) is 24.7. The number of halogens is 1. The third kappa shape index (κ3) is 3.75. The highest BCUT2D eigenvalue weighted by Gasteiger charge is 2.44. The molecule has 2 unspecified atom stereocenters. The molecule has 8 heteroatoms. The van der Waals surface area contributed by atoms with E-state index in [2.05, 4.69) is 10.6 Å². The molecule has 1 fully saturated rings. The van der Waals surface area contributed by atoms with Crippen molar-refractivity contribution in [2.75, 3.05) is 13.1 Å². The lowest BCUT2D eigenvalue weighted by molar-refractivity contribution is 0.0317. The number of carboxylic acid groups (broad SMARTS) is 1. The van der Waals surface area contributed by atoms with E-state index in [-0.39, 0.29) is 5.75 Å². The van der Waals surface area contributed by atoms with E-state index >= 15 is 0 Å². The number of amides is 1. The molecular formula is C18H23FN2O5. The van der Waals surface area contributed by atoms with Gasteiger partial charge in [-0.15, -0.1) is 0 Å². The first-order chi connectivity index (χ1) is 12.1. The van der Waals surface area contributed by atoms with Gasteiger partial charge in [-0.3, -0.25) is 0 Å². The van der Waals surface area contributed by atoms with Gasteiger partial charge in [0.05, 0.1) is 11.6 Å². The smallest absolute Gasteiger partial charge is 0.408 e. The van der Waals surface area contributed by atoms with Crippen LogP contribution in [0.1, 0.15) is 55.6 Å². The molecular weight excluding hydrogens is 343 g/mol. The molecule has 2 atom stereocenters. The second-order valence-electron chi connectivity index (χ2n) is 7.79. The van der Waals surface area contributed by atoms with E-state index in [0.717, 1.165) is 12.6 Å². The Balaban J connectivity index is 1.95. The number of hydrogen-bond acceptors (Lipinski definition) is 5. The topological polar surface area (TPSA) is 96.9 Å². The van der Waals surface area contributed by atoms with Gasteiger partial charge in [0.25, 0.3) is 0 Å². The zero-order valence-electron chi connectivity index (χ0n) is 15.0. The molecule has 3 rings (SSSR count). The number of ether oxygens (including phenoxy) is 2. The predicted octanol–water partition coefficient (Wildman–Crippen LogP) is 2.60. The van der Waals surface area contributed by atoms with Crippen molar-refractivity contribution < 1.29 is 28.6 Å². The molecule has 7 nitrogen and oxygen atoms in total. The van der Waals surface area contributed by atoms with Crippen molar-refractivity contribution in [3.05, 3.63) is 29.1 Å². The van der Waals surface area contributed by atoms with Crippen molar-refractivity contribution in [1.82, 2.24) is 10.6 Å². The summed E-state index contributed by atoms with van der Waals surface area (Å²) in [4.78, 5) is 23.5. The number of alkyl carbamates (subject to hydrolysis) is 1. The molecule has 2 heterocycles. The Morgan fingerprint density at radius 1 is 1.42 bits per heavy atom. The van der Waals surface area contributed by atoms with Gasteiger partial charge >= 0.3 is 12.1 Å². The number of fused-ring (bicyclic) bond motifs is 1. The van der Waals surface area contributed by atoms with E-state index in [1.807, 2.05) is 0 Å². The van der Waals surface area contributed by atoms with Crippen LogP contribution in [-0.2, 0) is 4.74 Å². The van der Waals surface area contributed by atoms with E-state index in [9.17, 15) is 14.0 Å². The lowest BCUT2D eigenvalue weighted by Gasteiger charge is -2.40. The molecule has 26 heavy (non-hydrogen) atoms. The molecule has 0 radical (unpaired) electrons. The van der Waals surface area contributed by atoms with Crippen molar-refractivity contribution in [2.45, 2.75) is 50.9 Å². The van der Waals surface area contributed by atoms with E-state index in [1.165, 1.54) is 6.07 Å². The Morgan fingerprint density at radius 2 is 2.15 bits per heavy atom. The van der Waals surface area contributed by atoms with Crippen LogP contribution in [0.5, 0.6) is 5.75 Å². The van der Waals surface area contributed by atoms with Gasteiger partial charge in [-0.2, -0.15) is 0 Å². The molecule has 0 aliphatic carbocycles. The van der Waals surface area contributed by atoms with Gasteiger partial charge in [-0.25, -0.2) is 14.0 Å². The third-order valence-corrected chi connectivity index (χ3v) is 4.50. The first kappa shape index (κ1) is 18.4. The maximum Gasteiger partial charge on any atom is 0.408 e. The maximum atomic E-state index is 14.2. The van der Waals surface area contributed by atoms with E-state index in [1.54, 1.807) is 20.8 Å². The van der Waals surface area contributed by atoms with Gasteiger partial charge in [-0.05, 0) is 39.4 Å². The number of benzene rings is 1. The molecule has 1 saturated heterocycles. The average Bonchev–Trinajstić information content (AvgIpc) is 2.93. The van der Waals surface area contributed by atoms with Crippen LogP contribution in [0.15, 0.2) is 12.1 Å². The predicted molar refractivity (Wildman–Crippen MR) is 90.9 cm³/mol. The summed E-state index contributed by atoms with van der Waals surface area (Å²) in [5.41, 5.74) is -1.28. The average molecular weight is 366 g/mol. The van der Waals surface area contributed by atoms with Gasteiger partial charge in [0.1, 0.15) is 22.8 Å². The van der Waals surface area contributed by atoms with Crippen LogP contribution in [0.3, 0.4) is 0 Å². The van der Waals surface area contributed by atoms with E-state index < -0.39 is 40.7 Å². The van der Waals surface area contributed by atoms with Crippen LogP contribution < -0.4 is 15.4 Å². The van der Waals surface area contributed by atoms with Gasteiger partial charge in [0.15, 0.2) is 0 Å². The van der Waals surface area contributed by atoms with Crippen molar-refractivity contribution in [3.63, 3.8) is 0 Å². The minimum atomic E-state index is -1.37. The zero-order valence-corrected chi connectivity index (χ0v) is 15.0. The standard InChI is InChI=1S/C18H23FN2O5/c1-17(2,3)26-16(24)21-13-8-18(4-5-20-9-18)25-14-7-10(15(22)23)12(19)6-11(13)14/h6-7,13,20H,4-5,8-9H2,1-3H3,(H,21,24)(H,22,23). The number of carbonyl (C=O) groups is 2. The molecule has 2 aliphatic rings. The summed E-state index contributed by atoms with van der Waals surface area (Å²) in [6, 6.07) is 1.78. The van der Waals surface area contributed by atoms with E-state index in [4.69, 9.17) is 14.6 Å². The minimum Gasteiger partial charge on any atom is -0.485 e. The molecule has 1 amide bonds. The number of aromatic carboxylic acids is 1. The summed E-state index contributed by atoms with van der Waals surface area (Å²) < 4.78 is 25.5. The largest absolute Gasteiger partial charge is 0.485 e. The second kappa shape index (κ2) is 6.42. The number of carboxylic acids is 1. The second-order valence-corrected chi connectivity index (χ2v) is 7.79. The Hall–Kier alpha value is -2.35. The van der Waals surface area contributed by atoms with Crippen LogP contribution in [0.4, 0.5) is 9.18 Å². The molecule has 142 valence electrons. The Morgan fingerprint density at radius 3 is 2.73 bits per heavy atom. The molecule has 1 aromatic rings. The number of carbonyl (C=O) groups excluding carboxylic acids is 1. The number of rotatable bonds is 2. The van der Waals surface area contributed by atoms with Crippen molar-refractivity contribution in [3.8, 4) is 5.75 Å². The fraction of sp³-hybridized carbons (Fsp3) is 0.556. The van der Waals surface area contributed by atoms with Crippen LogP contribution in [-0.4, -0.2) is 41.5 Å². The minimum absolute atomic E-state index is 0.278. The Kier molecular flexibility index (Phi) is 4.56. The highest BCUT2D eigenvalue weighted by molar-refractivity contribution is 5.88. The maximum absolute atomic E-state index is 14.2. The molecule has 3 N–H and O–H groups in total. The fourth-order valence-corrected chi connectivity index (χ4v) is 3.41. The number of hydrogen-bond donors (Lipinski definition) is 3. The molecule has 0 bridgehead atoms. The molecule has 1 aromatic carbocycles. The third-order valence-electron chi connectivity index (χ3n) is 4.50. The van der Waals surface area contributed by atoms with Gasteiger partial charge in [-0.1, -0.05) is 0 Å². The van der Waals surface area contributed by atoms with Crippen molar-refractivity contribution in [1.29, 1.82) is 0 Å². The Labute approximate surface area is 150 Å². The Bertz CT molecular complexity index is 738. The molecule has 2 aliphatic heterocycles. The summed E-state index contributed by atoms with van der Waals surface area (Å²) >= 11 is 0. The van der Waals surface area contributed by atoms with Crippen LogP contribution in [0.25, 0.3) is 0 Å².